The van der Waals surface area contributed by atoms with Gasteiger partial charge >= 0.3 is 0 Å². The number of nitrogens with zero attached hydrogens (tertiary/aromatic N) is 3. The average Bonchev–Trinajstić information content (AvgIpc) is 2.81. The molecule has 0 amide bonds. The van der Waals surface area contributed by atoms with Gasteiger partial charge in [0.05, 0.1) is 7.11 Å². The monoisotopic (exact) mass is 264 g/mol. The summed E-state index contributed by atoms with van der Waals surface area (Å²) in [5.41, 5.74) is 7.92. The van der Waals surface area contributed by atoms with Gasteiger partial charge in [-0.15, -0.1) is 0 Å². The number of hydrogen-bond donors (Lipinski definition) is 1. The molecular formula is C12H16N4OS. The molecule has 2 N–H and O–H groups in total. The second-order valence-electron chi connectivity index (χ2n) is 3.81. The van der Waals surface area contributed by atoms with Crippen LogP contribution >= 0.6 is 11.8 Å². The average molecular weight is 264 g/mol. The number of ether oxygens (including phenoxy) is 1. The summed E-state index contributed by atoms with van der Waals surface area (Å²) in [6.07, 6.45) is 1.56. The zero-order chi connectivity index (χ0) is 13.0. The Balaban J connectivity index is 2.08. The summed E-state index contributed by atoms with van der Waals surface area (Å²) in [5, 5.41) is 4.94. The molecular weight excluding hydrogens is 248 g/mol. The lowest BCUT2D eigenvalue weighted by Crippen LogP contribution is -2.01. The molecule has 96 valence electrons. The quantitative estimate of drug-likeness (QED) is 0.830. The molecule has 0 fully saturated rings. The maximum Gasteiger partial charge on any atom is 0.186 e. The molecule has 6 heteroatoms. The largest absolute Gasteiger partial charge is 0.496 e. The summed E-state index contributed by atoms with van der Waals surface area (Å²) in [4.78, 5) is 4.17. The summed E-state index contributed by atoms with van der Waals surface area (Å²) in [6, 6.07) is 6.07. The fourth-order valence-electron chi connectivity index (χ4n) is 1.65. The maximum atomic E-state index is 5.70. The van der Waals surface area contributed by atoms with Crippen molar-refractivity contribution in [1.29, 1.82) is 0 Å². The summed E-state index contributed by atoms with van der Waals surface area (Å²) >= 11 is 1.65. The Morgan fingerprint density at radius 3 is 2.89 bits per heavy atom. The van der Waals surface area contributed by atoms with E-state index in [0.29, 0.717) is 6.54 Å². The summed E-state index contributed by atoms with van der Waals surface area (Å²) in [7, 11) is 3.54. The standard InChI is InChI=1S/C12H16N4OS/c1-16-12(14-8-15-16)18-7-9-3-4-11(17-2)10(5-9)6-13/h3-5,8H,6-7,13H2,1-2H3. The van der Waals surface area contributed by atoms with Crippen molar-refractivity contribution in [2.45, 2.75) is 17.5 Å². The normalized spacial score (nSPS) is 10.6. The fraction of sp³-hybridized carbons (Fsp3) is 0.333. The van der Waals surface area contributed by atoms with E-state index < -0.39 is 0 Å². The Morgan fingerprint density at radius 1 is 1.44 bits per heavy atom. The van der Waals surface area contributed by atoms with E-state index in [9.17, 15) is 0 Å². The Hall–Kier alpha value is -1.53. The predicted octanol–water partition coefficient (Wildman–Crippen LogP) is 1.57. The summed E-state index contributed by atoms with van der Waals surface area (Å²) in [5.74, 6) is 1.67. The van der Waals surface area contributed by atoms with Gasteiger partial charge < -0.3 is 10.5 Å². The van der Waals surface area contributed by atoms with Crippen molar-refractivity contribution < 1.29 is 4.74 Å². The molecule has 1 aromatic carbocycles. The van der Waals surface area contributed by atoms with Gasteiger partial charge in [0, 0.05) is 24.9 Å². The predicted molar refractivity (Wildman–Crippen MR) is 71.4 cm³/mol. The van der Waals surface area contributed by atoms with Crippen LogP contribution in [0.1, 0.15) is 11.1 Å². The highest BCUT2D eigenvalue weighted by atomic mass is 32.2. The third-order valence-electron chi connectivity index (χ3n) is 2.60. The van der Waals surface area contributed by atoms with Gasteiger partial charge in [0.1, 0.15) is 12.1 Å². The lowest BCUT2D eigenvalue weighted by Gasteiger charge is -2.08. The van der Waals surface area contributed by atoms with Crippen LogP contribution in [0.4, 0.5) is 0 Å². The van der Waals surface area contributed by atoms with Crippen LogP contribution in [0.25, 0.3) is 0 Å². The molecule has 2 aromatic rings. The SMILES string of the molecule is COc1ccc(CSc2ncnn2C)cc1CN. The summed E-state index contributed by atoms with van der Waals surface area (Å²) in [6.45, 7) is 0.478. The summed E-state index contributed by atoms with van der Waals surface area (Å²) < 4.78 is 7.01. The van der Waals surface area contributed by atoms with E-state index in [1.807, 2.05) is 19.2 Å². The molecule has 0 bridgehead atoms. The zero-order valence-electron chi connectivity index (χ0n) is 10.5. The number of benzene rings is 1. The lowest BCUT2D eigenvalue weighted by molar-refractivity contribution is 0.409. The number of aromatic nitrogens is 3. The topological polar surface area (TPSA) is 66.0 Å². The van der Waals surface area contributed by atoms with Crippen LogP contribution in [0.2, 0.25) is 0 Å². The number of nitrogens with two attached hydrogens (primary N) is 1. The van der Waals surface area contributed by atoms with Gasteiger partial charge in [-0.3, -0.25) is 0 Å². The Kier molecular flexibility index (Phi) is 4.22. The lowest BCUT2D eigenvalue weighted by atomic mass is 10.1. The van der Waals surface area contributed by atoms with Gasteiger partial charge in [-0.1, -0.05) is 17.8 Å². The highest BCUT2D eigenvalue weighted by Gasteiger charge is 2.05. The minimum atomic E-state index is 0.478. The van der Waals surface area contributed by atoms with Crippen LogP contribution in [0.5, 0.6) is 5.75 Å². The van der Waals surface area contributed by atoms with E-state index in [2.05, 4.69) is 16.1 Å². The minimum absolute atomic E-state index is 0.478. The Bertz CT molecular complexity index is 527. The van der Waals surface area contributed by atoms with E-state index >= 15 is 0 Å². The third-order valence-corrected chi connectivity index (χ3v) is 3.71. The minimum Gasteiger partial charge on any atom is -0.496 e. The second kappa shape index (κ2) is 5.88. The van der Waals surface area contributed by atoms with E-state index in [1.54, 1.807) is 29.9 Å². The first kappa shape index (κ1) is 12.9. The van der Waals surface area contributed by atoms with Gasteiger partial charge in [-0.05, 0) is 17.7 Å². The molecule has 0 aliphatic rings. The molecule has 0 spiro atoms. The number of rotatable bonds is 5. The van der Waals surface area contributed by atoms with E-state index in [-0.39, 0.29) is 0 Å². The van der Waals surface area contributed by atoms with Crippen molar-refractivity contribution in [1.82, 2.24) is 14.8 Å². The van der Waals surface area contributed by atoms with E-state index in [0.717, 1.165) is 22.2 Å². The first-order chi connectivity index (χ1) is 8.74. The van der Waals surface area contributed by atoms with Crippen molar-refractivity contribution in [2.75, 3.05) is 7.11 Å². The van der Waals surface area contributed by atoms with Gasteiger partial charge in [0.2, 0.25) is 0 Å². The van der Waals surface area contributed by atoms with Crippen LogP contribution in [0.15, 0.2) is 29.7 Å². The number of hydrogen-bond acceptors (Lipinski definition) is 5. The number of methoxy groups -OCH3 is 1. The molecule has 5 nitrogen and oxygen atoms in total. The molecule has 0 aliphatic heterocycles. The molecule has 0 atom stereocenters. The molecule has 2 rings (SSSR count). The van der Waals surface area contributed by atoms with Crippen LogP contribution in [0.3, 0.4) is 0 Å². The van der Waals surface area contributed by atoms with Crippen molar-refractivity contribution in [2.24, 2.45) is 12.8 Å². The second-order valence-corrected chi connectivity index (χ2v) is 4.75. The zero-order valence-corrected chi connectivity index (χ0v) is 11.3. The van der Waals surface area contributed by atoms with Crippen molar-refractivity contribution in [3.63, 3.8) is 0 Å². The van der Waals surface area contributed by atoms with E-state index in [1.165, 1.54) is 5.56 Å². The third kappa shape index (κ3) is 2.83. The smallest absolute Gasteiger partial charge is 0.186 e. The molecule has 0 unspecified atom stereocenters. The highest BCUT2D eigenvalue weighted by Crippen LogP contribution is 2.24. The molecule has 0 aliphatic carbocycles. The van der Waals surface area contributed by atoms with Gasteiger partial charge in [-0.2, -0.15) is 5.10 Å². The van der Waals surface area contributed by atoms with Crippen molar-refractivity contribution >= 4 is 11.8 Å². The highest BCUT2D eigenvalue weighted by molar-refractivity contribution is 7.98. The van der Waals surface area contributed by atoms with Gasteiger partial charge in [0.25, 0.3) is 0 Å². The fourth-order valence-corrected chi connectivity index (χ4v) is 2.48. The molecule has 0 saturated carbocycles. The van der Waals surface area contributed by atoms with Crippen LogP contribution < -0.4 is 10.5 Å². The van der Waals surface area contributed by atoms with Crippen LogP contribution in [-0.2, 0) is 19.3 Å². The van der Waals surface area contributed by atoms with Gasteiger partial charge in [0.15, 0.2) is 5.16 Å². The first-order valence-electron chi connectivity index (χ1n) is 5.57. The maximum absolute atomic E-state index is 5.70. The van der Waals surface area contributed by atoms with Crippen molar-refractivity contribution in [3.8, 4) is 5.75 Å². The van der Waals surface area contributed by atoms with Crippen LogP contribution in [-0.4, -0.2) is 21.9 Å². The first-order valence-corrected chi connectivity index (χ1v) is 6.55. The number of thioether (sulfide) groups is 1. The molecule has 0 saturated heterocycles. The molecule has 1 heterocycles. The number of aryl methyl sites for hydroxylation is 1. The Labute approximate surface area is 110 Å². The molecule has 1 aromatic heterocycles. The van der Waals surface area contributed by atoms with Crippen molar-refractivity contribution in [3.05, 3.63) is 35.7 Å². The molecule has 18 heavy (non-hydrogen) atoms. The van der Waals surface area contributed by atoms with Crippen LogP contribution in [0, 0.1) is 0 Å². The Morgan fingerprint density at radius 2 is 2.28 bits per heavy atom. The van der Waals surface area contributed by atoms with Gasteiger partial charge in [-0.25, -0.2) is 9.67 Å². The van der Waals surface area contributed by atoms with E-state index in [4.69, 9.17) is 10.5 Å². The molecule has 0 radical (unpaired) electrons.